The fraction of sp³-hybridized carbons (Fsp3) is 0.714. The summed E-state index contributed by atoms with van der Waals surface area (Å²) in [7, 11) is 0. The molecule has 0 aromatic carbocycles. The molecule has 0 fully saturated rings. The fourth-order valence-electron chi connectivity index (χ4n) is 3.46. The van der Waals surface area contributed by atoms with Crippen LogP contribution in [0.2, 0.25) is 0 Å². The lowest BCUT2D eigenvalue weighted by atomic mass is 9.63. The van der Waals surface area contributed by atoms with Crippen LogP contribution in [0.15, 0.2) is 11.1 Å². The largest absolute Gasteiger partial charge is 0.481 e. The van der Waals surface area contributed by atoms with E-state index in [2.05, 4.69) is 13.8 Å². The molecule has 0 spiro atoms. The van der Waals surface area contributed by atoms with Crippen molar-refractivity contribution in [1.82, 2.24) is 0 Å². The van der Waals surface area contributed by atoms with E-state index in [-0.39, 0.29) is 5.41 Å². The Hall–Kier alpha value is -1.32. The summed E-state index contributed by atoms with van der Waals surface area (Å²) in [5.41, 5.74) is 2.44. The predicted molar refractivity (Wildman–Crippen MR) is 66.1 cm³/mol. The number of hydrogen-bond donors (Lipinski definition) is 2. The van der Waals surface area contributed by atoms with E-state index in [4.69, 9.17) is 0 Å². The fourth-order valence-corrected chi connectivity index (χ4v) is 3.46. The van der Waals surface area contributed by atoms with E-state index in [1.807, 2.05) is 0 Å². The van der Waals surface area contributed by atoms with Crippen LogP contribution in [-0.2, 0) is 9.59 Å². The molecule has 0 aliphatic heterocycles. The van der Waals surface area contributed by atoms with Crippen molar-refractivity contribution >= 4 is 11.9 Å². The molecule has 0 unspecified atom stereocenters. The number of carbonyl (C=O) groups is 2. The van der Waals surface area contributed by atoms with E-state index in [1.165, 1.54) is 11.1 Å². The molecule has 0 aromatic heterocycles. The number of carboxylic acids is 2. The zero-order chi connectivity index (χ0) is 13.5. The van der Waals surface area contributed by atoms with Crippen LogP contribution >= 0.6 is 0 Å². The molecule has 0 saturated heterocycles. The zero-order valence-corrected chi connectivity index (χ0v) is 10.9. The zero-order valence-electron chi connectivity index (χ0n) is 10.9. The summed E-state index contributed by atoms with van der Waals surface area (Å²) in [6.07, 6.45) is 3.92. The lowest BCUT2D eigenvalue weighted by Crippen LogP contribution is -2.37. The number of carboxylic acid groups (broad SMARTS) is 2. The molecule has 0 amide bonds. The molecule has 4 heteroatoms. The van der Waals surface area contributed by atoms with Gasteiger partial charge in [-0.3, -0.25) is 9.59 Å². The van der Waals surface area contributed by atoms with Gasteiger partial charge in [-0.1, -0.05) is 25.0 Å². The molecule has 2 aliphatic rings. The highest BCUT2D eigenvalue weighted by atomic mass is 16.4. The van der Waals surface area contributed by atoms with Gasteiger partial charge in [0.25, 0.3) is 0 Å². The van der Waals surface area contributed by atoms with Crippen LogP contribution in [0.5, 0.6) is 0 Å². The highest BCUT2D eigenvalue weighted by molar-refractivity contribution is 5.81. The molecule has 0 saturated carbocycles. The molecule has 4 nitrogen and oxygen atoms in total. The van der Waals surface area contributed by atoms with Gasteiger partial charge >= 0.3 is 11.9 Å². The Bertz CT molecular complexity index is 420. The van der Waals surface area contributed by atoms with Crippen molar-refractivity contribution in [3.63, 3.8) is 0 Å². The average molecular weight is 252 g/mol. The second-order valence-electron chi connectivity index (χ2n) is 6.12. The Balaban J connectivity index is 2.37. The Morgan fingerprint density at radius 2 is 1.67 bits per heavy atom. The molecule has 0 aromatic rings. The molecule has 2 atom stereocenters. The summed E-state index contributed by atoms with van der Waals surface area (Å²) in [4.78, 5) is 22.5. The van der Waals surface area contributed by atoms with Crippen LogP contribution in [0.4, 0.5) is 0 Å². The van der Waals surface area contributed by atoms with E-state index in [0.717, 1.165) is 19.3 Å². The van der Waals surface area contributed by atoms with E-state index in [1.54, 1.807) is 0 Å². The standard InChI is InChI=1S/C14H20O4/c1-14(2)5-3-4-8-6-9(12(15)16)10(13(17)18)7-11(8)14/h9-10H,3-7H2,1-2H3,(H,15,16)(H,17,18)/t9-,10-/m0/s1. The maximum Gasteiger partial charge on any atom is 0.307 e. The predicted octanol–water partition coefficient (Wildman–Crippen LogP) is 2.69. The minimum absolute atomic E-state index is 0.0325. The van der Waals surface area contributed by atoms with Gasteiger partial charge in [-0.05, 0) is 37.5 Å². The number of aliphatic carboxylic acids is 2. The summed E-state index contributed by atoms with van der Waals surface area (Å²) < 4.78 is 0. The summed E-state index contributed by atoms with van der Waals surface area (Å²) in [5.74, 6) is -3.47. The van der Waals surface area contributed by atoms with E-state index < -0.39 is 23.8 Å². The molecular formula is C14H20O4. The number of rotatable bonds is 2. The van der Waals surface area contributed by atoms with Gasteiger partial charge in [0.1, 0.15) is 0 Å². The Morgan fingerprint density at radius 1 is 1.11 bits per heavy atom. The van der Waals surface area contributed by atoms with Crippen LogP contribution < -0.4 is 0 Å². The lowest BCUT2D eigenvalue weighted by molar-refractivity contribution is -0.154. The van der Waals surface area contributed by atoms with Crippen molar-refractivity contribution in [2.24, 2.45) is 17.3 Å². The summed E-state index contributed by atoms with van der Waals surface area (Å²) in [5, 5.41) is 18.4. The van der Waals surface area contributed by atoms with Crippen LogP contribution in [0.3, 0.4) is 0 Å². The molecule has 100 valence electrons. The second kappa shape index (κ2) is 4.41. The Kier molecular flexibility index (Phi) is 3.21. The van der Waals surface area contributed by atoms with Gasteiger partial charge < -0.3 is 10.2 Å². The van der Waals surface area contributed by atoms with Crippen molar-refractivity contribution in [3.05, 3.63) is 11.1 Å². The second-order valence-corrected chi connectivity index (χ2v) is 6.12. The number of allylic oxidation sites excluding steroid dienone is 2. The van der Waals surface area contributed by atoms with Gasteiger partial charge in [-0.25, -0.2) is 0 Å². The normalized spacial score (nSPS) is 30.8. The summed E-state index contributed by atoms with van der Waals surface area (Å²) >= 11 is 0. The first-order valence-electron chi connectivity index (χ1n) is 6.50. The van der Waals surface area contributed by atoms with Crippen LogP contribution in [0.25, 0.3) is 0 Å². The minimum atomic E-state index is -0.977. The molecule has 0 radical (unpaired) electrons. The first-order chi connectivity index (χ1) is 8.33. The minimum Gasteiger partial charge on any atom is -0.481 e. The van der Waals surface area contributed by atoms with Gasteiger partial charge in [0.05, 0.1) is 11.8 Å². The highest BCUT2D eigenvalue weighted by Gasteiger charge is 2.43. The molecule has 2 N–H and O–H groups in total. The third-order valence-electron chi connectivity index (χ3n) is 4.53. The van der Waals surface area contributed by atoms with Gasteiger partial charge in [0.15, 0.2) is 0 Å². The first kappa shape index (κ1) is 13.1. The first-order valence-corrected chi connectivity index (χ1v) is 6.50. The lowest BCUT2D eigenvalue weighted by Gasteiger charge is -2.41. The van der Waals surface area contributed by atoms with Crippen molar-refractivity contribution in [3.8, 4) is 0 Å². The maximum absolute atomic E-state index is 11.3. The Morgan fingerprint density at radius 3 is 2.22 bits per heavy atom. The van der Waals surface area contributed by atoms with E-state index in [0.29, 0.717) is 12.8 Å². The summed E-state index contributed by atoms with van der Waals surface area (Å²) in [6, 6.07) is 0. The molecule has 0 heterocycles. The molecule has 2 rings (SSSR count). The third-order valence-corrected chi connectivity index (χ3v) is 4.53. The van der Waals surface area contributed by atoms with Gasteiger partial charge in [-0.15, -0.1) is 0 Å². The van der Waals surface area contributed by atoms with Crippen molar-refractivity contribution in [2.45, 2.75) is 46.0 Å². The quantitative estimate of drug-likeness (QED) is 0.741. The Labute approximate surface area is 107 Å². The van der Waals surface area contributed by atoms with Crippen LogP contribution in [0.1, 0.15) is 46.0 Å². The topological polar surface area (TPSA) is 74.6 Å². The van der Waals surface area contributed by atoms with Crippen molar-refractivity contribution in [2.75, 3.05) is 0 Å². The van der Waals surface area contributed by atoms with Crippen molar-refractivity contribution < 1.29 is 19.8 Å². The van der Waals surface area contributed by atoms with Gasteiger partial charge in [0.2, 0.25) is 0 Å². The SMILES string of the molecule is CC1(C)CCCC2=C1C[C@H](C(=O)O)[C@@H](C(=O)O)C2. The smallest absolute Gasteiger partial charge is 0.307 e. The van der Waals surface area contributed by atoms with Crippen LogP contribution in [0, 0.1) is 17.3 Å². The van der Waals surface area contributed by atoms with Crippen LogP contribution in [-0.4, -0.2) is 22.2 Å². The summed E-state index contributed by atoms with van der Waals surface area (Å²) in [6.45, 7) is 4.28. The highest BCUT2D eigenvalue weighted by Crippen LogP contribution is 2.49. The van der Waals surface area contributed by atoms with E-state index in [9.17, 15) is 19.8 Å². The van der Waals surface area contributed by atoms with E-state index >= 15 is 0 Å². The molecular weight excluding hydrogens is 232 g/mol. The molecule has 0 bridgehead atoms. The van der Waals surface area contributed by atoms with Gasteiger partial charge in [-0.2, -0.15) is 0 Å². The average Bonchev–Trinajstić information content (AvgIpc) is 2.27. The van der Waals surface area contributed by atoms with Crippen molar-refractivity contribution in [1.29, 1.82) is 0 Å². The molecule has 18 heavy (non-hydrogen) atoms. The molecule has 2 aliphatic carbocycles. The number of hydrogen-bond acceptors (Lipinski definition) is 2. The van der Waals surface area contributed by atoms with Gasteiger partial charge in [0, 0.05) is 0 Å². The third kappa shape index (κ3) is 2.16. The monoisotopic (exact) mass is 252 g/mol. The maximum atomic E-state index is 11.3.